The Labute approximate surface area is 119 Å². The molecule has 3 heteroatoms. The van der Waals surface area contributed by atoms with Crippen molar-refractivity contribution in [2.45, 2.75) is 37.6 Å². The summed E-state index contributed by atoms with van der Waals surface area (Å²) in [7, 11) is 0. The van der Waals surface area contributed by atoms with Gasteiger partial charge in [0.15, 0.2) is 0 Å². The summed E-state index contributed by atoms with van der Waals surface area (Å²) < 4.78 is 12.9. The second-order valence-corrected chi connectivity index (χ2v) is 5.42. The van der Waals surface area contributed by atoms with Crippen molar-refractivity contribution in [3.63, 3.8) is 0 Å². The fourth-order valence-corrected chi connectivity index (χ4v) is 3.08. The molecule has 1 aromatic heterocycles. The number of halogens is 1. The van der Waals surface area contributed by atoms with E-state index in [1.807, 2.05) is 0 Å². The number of nitrogens with zero attached hydrogens (tertiary/aromatic N) is 1. The van der Waals surface area contributed by atoms with Gasteiger partial charge in [0, 0.05) is 12.0 Å². The lowest BCUT2D eigenvalue weighted by molar-refractivity contribution is 0.405. The average Bonchev–Trinajstić information content (AvgIpc) is 2.51. The molecule has 0 amide bonds. The van der Waals surface area contributed by atoms with Gasteiger partial charge in [0.1, 0.15) is 0 Å². The number of hydrogen-bond donors (Lipinski definition) is 1. The molecular formula is C17H19FN2. The van der Waals surface area contributed by atoms with Crippen LogP contribution in [0.4, 0.5) is 10.1 Å². The first-order valence-electron chi connectivity index (χ1n) is 7.26. The molecule has 1 N–H and O–H groups in total. The zero-order valence-corrected chi connectivity index (χ0v) is 11.4. The van der Waals surface area contributed by atoms with Crippen LogP contribution in [0.5, 0.6) is 0 Å². The Morgan fingerprint density at radius 2 is 1.80 bits per heavy atom. The molecule has 20 heavy (non-hydrogen) atoms. The van der Waals surface area contributed by atoms with E-state index in [9.17, 15) is 4.39 Å². The number of rotatable bonds is 3. The zero-order valence-electron chi connectivity index (χ0n) is 11.4. The topological polar surface area (TPSA) is 24.9 Å². The Morgan fingerprint density at radius 3 is 2.55 bits per heavy atom. The second kappa shape index (κ2) is 6.04. The molecule has 0 bridgehead atoms. The SMILES string of the molecule is Fc1ccc(NC2CCCCC2c2ccccc2)cn1. The molecule has 2 atom stereocenters. The van der Waals surface area contributed by atoms with Gasteiger partial charge in [-0.15, -0.1) is 0 Å². The van der Waals surface area contributed by atoms with Gasteiger partial charge in [-0.05, 0) is 30.5 Å². The van der Waals surface area contributed by atoms with Crippen LogP contribution in [0.1, 0.15) is 37.2 Å². The summed E-state index contributed by atoms with van der Waals surface area (Å²) in [6, 6.07) is 14.2. The quantitative estimate of drug-likeness (QED) is 0.838. The van der Waals surface area contributed by atoms with E-state index in [4.69, 9.17) is 0 Å². The highest BCUT2D eigenvalue weighted by Gasteiger charge is 2.26. The fraction of sp³-hybridized carbons (Fsp3) is 0.353. The maximum Gasteiger partial charge on any atom is 0.212 e. The minimum atomic E-state index is -0.432. The van der Waals surface area contributed by atoms with Gasteiger partial charge in [0.2, 0.25) is 5.95 Å². The van der Waals surface area contributed by atoms with Gasteiger partial charge in [0.25, 0.3) is 0 Å². The predicted octanol–water partition coefficient (Wildman–Crippen LogP) is 4.36. The summed E-state index contributed by atoms with van der Waals surface area (Å²) in [5.41, 5.74) is 2.29. The van der Waals surface area contributed by atoms with Crippen molar-refractivity contribution in [2.75, 3.05) is 5.32 Å². The van der Waals surface area contributed by atoms with E-state index in [0.29, 0.717) is 12.0 Å². The van der Waals surface area contributed by atoms with Gasteiger partial charge in [-0.25, -0.2) is 4.98 Å². The monoisotopic (exact) mass is 270 g/mol. The first kappa shape index (κ1) is 13.1. The number of benzene rings is 1. The second-order valence-electron chi connectivity index (χ2n) is 5.42. The number of aromatic nitrogens is 1. The van der Waals surface area contributed by atoms with Crippen molar-refractivity contribution >= 4 is 5.69 Å². The molecule has 0 spiro atoms. The Balaban J connectivity index is 1.77. The molecular weight excluding hydrogens is 251 g/mol. The van der Waals surface area contributed by atoms with Gasteiger partial charge in [-0.2, -0.15) is 4.39 Å². The highest BCUT2D eigenvalue weighted by Crippen LogP contribution is 2.34. The summed E-state index contributed by atoms with van der Waals surface area (Å²) >= 11 is 0. The van der Waals surface area contributed by atoms with E-state index < -0.39 is 5.95 Å². The summed E-state index contributed by atoms with van der Waals surface area (Å²) in [6.45, 7) is 0. The first-order valence-corrected chi connectivity index (χ1v) is 7.26. The lowest BCUT2D eigenvalue weighted by atomic mass is 9.80. The molecule has 0 aliphatic heterocycles. The summed E-state index contributed by atoms with van der Waals surface area (Å²) in [6.07, 6.45) is 6.45. The average molecular weight is 270 g/mol. The Kier molecular flexibility index (Phi) is 3.95. The molecule has 2 aromatic rings. The zero-order chi connectivity index (χ0) is 13.8. The molecule has 1 aliphatic carbocycles. The van der Waals surface area contributed by atoms with Crippen LogP contribution in [0.15, 0.2) is 48.7 Å². The molecule has 1 aliphatic rings. The van der Waals surface area contributed by atoms with Crippen LogP contribution >= 0.6 is 0 Å². The summed E-state index contributed by atoms with van der Waals surface area (Å²) in [5, 5.41) is 3.53. The Morgan fingerprint density at radius 1 is 1.00 bits per heavy atom. The third-order valence-corrected chi connectivity index (χ3v) is 4.07. The molecule has 1 fully saturated rings. The van der Waals surface area contributed by atoms with E-state index in [1.54, 1.807) is 12.3 Å². The Bertz CT molecular complexity index is 539. The van der Waals surface area contributed by atoms with Crippen molar-refractivity contribution in [2.24, 2.45) is 0 Å². The number of anilines is 1. The van der Waals surface area contributed by atoms with Crippen molar-refractivity contribution in [1.29, 1.82) is 0 Å². The van der Waals surface area contributed by atoms with Gasteiger partial charge in [0.05, 0.1) is 11.9 Å². The smallest absolute Gasteiger partial charge is 0.212 e. The van der Waals surface area contributed by atoms with Crippen LogP contribution in [-0.4, -0.2) is 11.0 Å². The van der Waals surface area contributed by atoms with Gasteiger partial charge in [-0.1, -0.05) is 43.2 Å². The lowest BCUT2D eigenvalue weighted by Gasteiger charge is -2.33. The third kappa shape index (κ3) is 2.98. The van der Waals surface area contributed by atoms with Gasteiger partial charge >= 0.3 is 0 Å². The largest absolute Gasteiger partial charge is 0.380 e. The van der Waals surface area contributed by atoms with Crippen LogP contribution in [0.25, 0.3) is 0 Å². The molecule has 1 heterocycles. The molecule has 104 valence electrons. The van der Waals surface area contributed by atoms with E-state index in [2.05, 4.69) is 40.6 Å². The maximum absolute atomic E-state index is 12.9. The molecule has 1 aromatic carbocycles. The fourth-order valence-electron chi connectivity index (χ4n) is 3.08. The number of nitrogens with one attached hydrogen (secondary N) is 1. The minimum absolute atomic E-state index is 0.401. The molecule has 2 nitrogen and oxygen atoms in total. The van der Waals surface area contributed by atoms with Gasteiger partial charge < -0.3 is 5.32 Å². The van der Waals surface area contributed by atoms with Crippen LogP contribution in [0.2, 0.25) is 0 Å². The number of hydrogen-bond acceptors (Lipinski definition) is 2. The number of pyridine rings is 1. The molecule has 0 saturated heterocycles. The molecule has 0 radical (unpaired) electrons. The van der Waals surface area contributed by atoms with Crippen LogP contribution < -0.4 is 5.32 Å². The van der Waals surface area contributed by atoms with Crippen molar-refractivity contribution in [3.05, 3.63) is 60.2 Å². The van der Waals surface area contributed by atoms with Gasteiger partial charge in [-0.3, -0.25) is 0 Å². The standard InChI is InChI=1S/C17H19FN2/c18-17-11-10-14(12-19-17)20-16-9-5-4-8-15(16)13-6-2-1-3-7-13/h1-3,6-7,10-12,15-16,20H,4-5,8-9H2. The maximum atomic E-state index is 12.9. The highest BCUT2D eigenvalue weighted by molar-refractivity contribution is 5.42. The van der Waals surface area contributed by atoms with E-state index in [0.717, 1.165) is 12.1 Å². The minimum Gasteiger partial charge on any atom is -0.380 e. The van der Waals surface area contributed by atoms with Crippen LogP contribution in [-0.2, 0) is 0 Å². The molecule has 3 rings (SSSR count). The van der Waals surface area contributed by atoms with Crippen LogP contribution in [0.3, 0.4) is 0 Å². The Hall–Kier alpha value is -1.90. The normalized spacial score (nSPS) is 22.4. The molecule has 1 saturated carbocycles. The van der Waals surface area contributed by atoms with Crippen LogP contribution in [0, 0.1) is 5.95 Å². The third-order valence-electron chi connectivity index (χ3n) is 4.07. The van der Waals surface area contributed by atoms with Crippen molar-refractivity contribution < 1.29 is 4.39 Å². The van der Waals surface area contributed by atoms with Crippen molar-refractivity contribution in [1.82, 2.24) is 4.98 Å². The molecule has 2 unspecified atom stereocenters. The lowest BCUT2D eigenvalue weighted by Crippen LogP contribution is -2.30. The summed E-state index contributed by atoms with van der Waals surface area (Å²) in [5.74, 6) is 0.0915. The predicted molar refractivity (Wildman–Crippen MR) is 79.3 cm³/mol. The highest BCUT2D eigenvalue weighted by atomic mass is 19.1. The van der Waals surface area contributed by atoms with E-state index >= 15 is 0 Å². The van der Waals surface area contributed by atoms with E-state index in [1.165, 1.54) is 30.9 Å². The summed E-state index contributed by atoms with van der Waals surface area (Å²) in [4.78, 5) is 3.71. The van der Waals surface area contributed by atoms with E-state index in [-0.39, 0.29) is 0 Å². The van der Waals surface area contributed by atoms with Crippen molar-refractivity contribution in [3.8, 4) is 0 Å². The first-order chi connectivity index (χ1) is 9.83.